The summed E-state index contributed by atoms with van der Waals surface area (Å²) in [6.45, 7) is 0.920. The number of rotatable bonds is 3. The summed E-state index contributed by atoms with van der Waals surface area (Å²) in [7, 11) is -3.58. The van der Waals surface area contributed by atoms with Crippen molar-refractivity contribution in [3.8, 4) is 0 Å². The van der Waals surface area contributed by atoms with Crippen LogP contribution in [0.15, 0.2) is 0 Å². The molecule has 0 aromatic heterocycles. The number of piperidine rings is 1. The first-order valence-corrected chi connectivity index (χ1v) is 7.91. The van der Waals surface area contributed by atoms with Gasteiger partial charge >= 0.3 is 5.97 Å². The molecule has 1 N–H and O–H groups in total. The average Bonchev–Trinajstić information content (AvgIpc) is 3.04. The van der Waals surface area contributed by atoms with E-state index < -0.39 is 22.2 Å². The third kappa shape index (κ3) is 1.76. The normalized spacial score (nSPS) is 37.4. The van der Waals surface area contributed by atoms with Gasteiger partial charge in [-0.2, -0.15) is 17.0 Å². The summed E-state index contributed by atoms with van der Waals surface area (Å²) in [5.74, 6) is -0.545. The maximum absolute atomic E-state index is 12.5. The van der Waals surface area contributed by atoms with E-state index in [1.165, 1.54) is 4.31 Å². The summed E-state index contributed by atoms with van der Waals surface area (Å²) >= 11 is 0. The summed E-state index contributed by atoms with van der Waals surface area (Å²) in [6.07, 6.45) is 4.05. The molecule has 0 amide bonds. The smallest absolute Gasteiger partial charge is 0.322 e. The molecule has 0 aromatic carbocycles. The topological polar surface area (TPSA) is 77.9 Å². The van der Waals surface area contributed by atoms with E-state index in [-0.39, 0.29) is 6.04 Å². The molecule has 0 radical (unpaired) electrons. The Labute approximate surface area is 107 Å². The molecule has 3 aliphatic rings. The lowest BCUT2D eigenvalue weighted by atomic mass is 10.1. The minimum Gasteiger partial charge on any atom is -0.480 e. The maximum atomic E-state index is 12.5. The summed E-state index contributed by atoms with van der Waals surface area (Å²) in [5, 5.41) is 9.10. The highest BCUT2D eigenvalue weighted by molar-refractivity contribution is 7.86. The van der Waals surface area contributed by atoms with Crippen molar-refractivity contribution in [2.45, 2.75) is 44.2 Å². The SMILES string of the molecule is O=C(O)[C@@H]1CCCN1S(=O)(=O)N1CC2CCC1C2. The number of hydrogen-bond acceptors (Lipinski definition) is 3. The van der Waals surface area contributed by atoms with E-state index in [1.54, 1.807) is 4.31 Å². The Morgan fingerprint density at radius 1 is 1.17 bits per heavy atom. The minimum absolute atomic E-state index is 0.107. The van der Waals surface area contributed by atoms with Crippen LogP contribution in [-0.2, 0) is 15.0 Å². The Balaban J connectivity index is 1.84. The molecule has 3 fully saturated rings. The molecule has 1 saturated carbocycles. The molecule has 0 aromatic rings. The zero-order chi connectivity index (χ0) is 12.9. The fraction of sp³-hybridized carbons (Fsp3) is 0.909. The second-order valence-electron chi connectivity index (χ2n) is 5.52. The molecule has 102 valence electrons. The fourth-order valence-electron chi connectivity index (χ4n) is 3.56. The molecular formula is C11H18N2O4S. The number of aliphatic carboxylic acids is 1. The van der Waals surface area contributed by atoms with Gasteiger partial charge in [-0.1, -0.05) is 0 Å². The van der Waals surface area contributed by atoms with Gasteiger partial charge in [0.15, 0.2) is 0 Å². The highest BCUT2D eigenvalue weighted by Gasteiger charge is 2.49. The number of carbonyl (C=O) groups is 1. The molecule has 3 rings (SSSR count). The lowest BCUT2D eigenvalue weighted by Gasteiger charge is -2.32. The molecule has 6 nitrogen and oxygen atoms in total. The molecule has 3 atom stereocenters. The first kappa shape index (κ1) is 12.4. The number of carboxylic acids is 1. The largest absolute Gasteiger partial charge is 0.480 e. The molecular weight excluding hydrogens is 256 g/mol. The van der Waals surface area contributed by atoms with Crippen molar-refractivity contribution in [1.82, 2.24) is 8.61 Å². The van der Waals surface area contributed by atoms with Crippen LogP contribution in [-0.4, -0.2) is 53.3 Å². The third-order valence-corrected chi connectivity index (χ3v) is 6.51. The maximum Gasteiger partial charge on any atom is 0.322 e. The van der Waals surface area contributed by atoms with Gasteiger partial charge in [0.25, 0.3) is 10.2 Å². The molecule has 2 bridgehead atoms. The number of nitrogens with zero attached hydrogens (tertiary/aromatic N) is 2. The van der Waals surface area contributed by atoms with Crippen LogP contribution in [0, 0.1) is 5.92 Å². The van der Waals surface area contributed by atoms with Gasteiger partial charge in [-0.25, -0.2) is 0 Å². The van der Waals surface area contributed by atoms with E-state index in [4.69, 9.17) is 5.11 Å². The van der Waals surface area contributed by atoms with E-state index >= 15 is 0 Å². The van der Waals surface area contributed by atoms with Gasteiger partial charge in [-0.15, -0.1) is 0 Å². The Morgan fingerprint density at radius 3 is 2.50 bits per heavy atom. The molecule has 2 saturated heterocycles. The summed E-state index contributed by atoms with van der Waals surface area (Å²) < 4.78 is 27.8. The fourth-order valence-corrected chi connectivity index (χ4v) is 5.67. The van der Waals surface area contributed by atoms with Crippen LogP contribution >= 0.6 is 0 Å². The molecule has 2 aliphatic heterocycles. The van der Waals surface area contributed by atoms with Crippen LogP contribution < -0.4 is 0 Å². The van der Waals surface area contributed by atoms with E-state index in [0.717, 1.165) is 19.3 Å². The summed E-state index contributed by atoms with van der Waals surface area (Å²) in [5.41, 5.74) is 0. The summed E-state index contributed by atoms with van der Waals surface area (Å²) in [6, 6.07) is -0.760. The van der Waals surface area contributed by atoms with Gasteiger partial charge in [0.2, 0.25) is 0 Å². The van der Waals surface area contributed by atoms with Gasteiger partial charge < -0.3 is 5.11 Å². The number of carboxylic acid groups (broad SMARTS) is 1. The molecule has 0 spiro atoms. The lowest BCUT2D eigenvalue weighted by molar-refractivity contribution is -0.140. The van der Waals surface area contributed by atoms with Crippen molar-refractivity contribution in [1.29, 1.82) is 0 Å². The first-order chi connectivity index (χ1) is 8.50. The van der Waals surface area contributed by atoms with Crippen LogP contribution in [0.5, 0.6) is 0 Å². The van der Waals surface area contributed by atoms with Gasteiger partial charge in [0, 0.05) is 19.1 Å². The van der Waals surface area contributed by atoms with E-state index in [9.17, 15) is 13.2 Å². The van der Waals surface area contributed by atoms with Crippen molar-refractivity contribution in [3.05, 3.63) is 0 Å². The van der Waals surface area contributed by atoms with Crippen molar-refractivity contribution >= 4 is 16.2 Å². The van der Waals surface area contributed by atoms with E-state index in [0.29, 0.717) is 31.8 Å². The Morgan fingerprint density at radius 2 is 1.94 bits per heavy atom. The average molecular weight is 274 g/mol. The highest BCUT2D eigenvalue weighted by atomic mass is 32.2. The Hall–Kier alpha value is -0.660. The van der Waals surface area contributed by atoms with Gasteiger partial charge in [0.1, 0.15) is 6.04 Å². The van der Waals surface area contributed by atoms with Crippen LogP contribution in [0.3, 0.4) is 0 Å². The molecule has 18 heavy (non-hydrogen) atoms. The van der Waals surface area contributed by atoms with Gasteiger partial charge in [-0.05, 0) is 38.0 Å². The van der Waals surface area contributed by atoms with E-state index in [2.05, 4.69) is 0 Å². The Bertz CT molecular complexity index is 464. The van der Waals surface area contributed by atoms with Crippen molar-refractivity contribution < 1.29 is 18.3 Å². The number of fused-ring (bicyclic) bond motifs is 2. The minimum atomic E-state index is -3.58. The van der Waals surface area contributed by atoms with Crippen molar-refractivity contribution in [2.75, 3.05) is 13.1 Å². The zero-order valence-corrected chi connectivity index (χ0v) is 11.0. The molecule has 2 heterocycles. The molecule has 2 unspecified atom stereocenters. The lowest BCUT2D eigenvalue weighted by Crippen LogP contribution is -2.50. The predicted molar refractivity (Wildman–Crippen MR) is 64.1 cm³/mol. The molecule has 7 heteroatoms. The van der Waals surface area contributed by atoms with Crippen LogP contribution in [0.25, 0.3) is 0 Å². The monoisotopic (exact) mass is 274 g/mol. The second-order valence-corrected chi connectivity index (χ2v) is 7.35. The highest BCUT2D eigenvalue weighted by Crippen LogP contribution is 2.40. The summed E-state index contributed by atoms with van der Waals surface area (Å²) in [4.78, 5) is 11.1. The Kier molecular flexibility index (Phi) is 2.87. The van der Waals surface area contributed by atoms with Crippen molar-refractivity contribution in [2.24, 2.45) is 5.92 Å². The molecule has 1 aliphatic carbocycles. The van der Waals surface area contributed by atoms with Crippen LogP contribution in [0.4, 0.5) is 0 Å². The quantitative estimate of drug-likeness (QED) is 0.801. The van der Waals surface area contributed by atoms with Gasteiger partial charge in [0.05, 0.1) is 0 Å². The first-order valence-electron chi connectivity index (χ1n) is 6.51. The van der Waals surface area contributed by atoms with Crippen molar-refractivity contribution in [3.63, 3.8) is 0 Å². The second kappa shape index (κ2) is 4.18. The third-order valence-electron chi connectivity index (χ3n) is 4.44. The van der Waals surface area contributed by atoms with E-state index in [1.807, 2.05) is 0 Å². The van der Waals surface area contributed by atoms with Crippen LogP contribution in [0.1, 0.15) is 32.1 Å². The zero-order valence-electron chi connectivity index (χ0n) is 10.2. The van der Waals surface area contributed by atoms with Gasteiger partial charge in [-0.3, -0.25) is 4.79 Å². The predicted octanol–water partition coefficient (Wildman–Crippen LogP) is 0.264. The number of hydrogen-bond donors (Lipinski definition) is 1. The standard InChI is InChI=1S/C11H18N2O4S/c14-11(15)10-2-1-5-12(10)18(16,17)13-7-8-3-4-9(13)6-8/h8-10H,1-7H2,(H,14,15)/t8?,9?,10-/m0/s1. The van der Waals surface area contributed by atoms with Crippen LogP contribution in [0.2, 0.25) is 0 Å².